The molecule has 15 heavy (non-hydrogen) atoms. The summed E-state index contributed by atoms with van der Waals surface area (Å²) in [5.41, 5.74) is 6.39. The molecule has 82 valence electrons. The lowest BCUT2D eigenvalue weighted by molar-refractivity contribution is 0.105. The van der Waals surface area contributed by atoms with Gasteiger partial charge in [0.1, 0.15) is 11.9 Å². The molecule has 1 saturated heterocycles. The molecule has 0 spiro atoms. The lowest BCUT2D eigenvalue weighted by Gasteiger charge is -2.30. The van der Waals surface area contributed by atoms with Gasteiger partial charge in [0, 0.05) is 18.8 Å². The van der Waals surface area contributed by atoms with Crippen molar-refractivity contribution in [3.63, 3.8) is 0 Å². The summed E-state index contributed by atoms with van der Waals surface area (Å²) >= 11 is 0. The number of anilines is 1. The van der Waals surface area contributed by atoms with Crippen molar-refractivity contribution in [1.82, 2.24) is 9.88 Å². The van der Waals surface area contributed by atoms with Crippen molar-refractivity contribution in [2.75, 3.05) is 25.9 Å². The van der Waals surface area contributed by atoms with Crippen molar-refractivity contribution >= 4 is 5.69 Å². The highest BCUT2D eigenvalue weighted by Crippen LogP contribution is 2.22. The molecule has 4 nitrogen and oxygen atoms in total. The Morgan fingerprint density at radius 1 is 1.60 bits per heavy atom. The van der Waals surface area contributed by atoms with E-state index in [-0.39, 0.29) is 6.10 Å². The van der Waals surface area contributed by atoms with Gasteiger partial charge >= 0.3 is 0 Å². The fourth-order valence-corrected chi connectivity index (χ4v) is 1.90. The Morgan fingerprint density at radius 2 is 2.47 bits per heavy atom. The first-order chi connectivity index (χ1) is 7.25. The maximum atomic E-state index is 5.85. The van der Waals surface area contributed by atoms with Crippen LogP contribution >= 0.6 is 0 Å². The maximum absolute atomic E-state index is 5.85. The summed E-state index contributed by atoms with van der Waals surface area (Å²) in [7, 11) is 2.12. The molecule has 0 aliphatic carbocycles. The number of piperidine rings is 1. The molecule has 1 atom stereocenters. The fraction of sp³-hybridized carbons (Fsp3) is 0.545. The predicted octanol–water partition coefficient (Wildman–Crippen LogP) is 1.14. The molecule has 2 heterocycles. The van der Waals surface area contributed by atoms with Crippen molar-refractivity contribution in [2.24, 2.45) is 0 Å². The van der Waals surface area contributed by atoms with E-state index in [0.29, 0.717) is 5.69 Å². The molecule has 4 heteroatoms. The molecule has 1 aromatic heterocycles. The first kappa shape index (κ1) is 10.2. The fourth-order valence-electron chi connectivity index (χ4n) is 1.90. The lowest BCUT2D eigenvalue weighted by atomic mass is 10.1. The van der Waals surface area contributed by atoms with Crippen LogP contribution in [0.3, 0.4) is 0 Å². The van der Waals surface area contributed by atoms with E-state index >= 15 is 0 Å². The number of nitrogens with two attached hydrogens (primary N) is 1. The molecule has 0 aromatic carbocycles. The number of aromatic nitrogens is 1. The molecule has 0 radical (unpaired) electrons. The van der Waals surface area contributed by atoms with Crippen LogP contribution in [0.4, 0.5) is 5.69 Å². The second-order valence-electron chi connectivity index (χ2n) is 4.06. The zero-order valence-corrected chi connectivity index (χ0v) is 9.02. The SMILES string of the molecule is CN1CCCC(Oc2ccncc2N)C1. The summed E-state index contributed by atoms with van der Waals surface area (Å²) in [5, 5.41) is 0. The molecule has 0 saturated carbocycles. The van der Waals surface area contributed by atoms with Gasteiger partial charge in [0.15, 0.2) is 0 Å². The average Bonchev–Trinajstić information content (AvgIpc) is 2.22. The number of rotatable bonds is 2. The van der Waals surface area contributed by atoms with Crippen LogP contribution in [-0.4, -0.2) is 36.1 Å². The lowest BCUT2D eigenvalue weighted by Crippen LogP contribution is -2.38. The second kappa shape index (κ2) is 4.49. The van der Waals surface area contributed by atoms with Gasteiger partial charge in [-0.1, -0.05) is 0 Å². The van der Waals surface area contributed by atoms with Gasteiger partial charge in [0.2, 0.25) is 0 Å². The second-order valence-corrected chi connectivity index (χ2v) is 4.06. The van der Waals surface area contributed by atoms with E-state index in [0.717, 1.165) is 25.3 Å². The Kier molecular flexibility index (Phi) is 3.06. The molecule has 0 bridgehead atoms. The quantitative estimate of drug-likeness (QED) is 0.790. The summed E-state index contributed by atoms with van der Waals surface area (Å²) in [4.78, 5) is 6.22. The molecular formula is C11H17N3O. The molecule has 1 unspecified atom stereocenters. The zero-order valence-electron chi connectivity index (χ0n) is 9.02. The van der Waals surface area contributed by atoms with Crippen molar-refractivity contribution in [3.05, 3.63) is 18.5 Å². The standard InChI is InChI=1S/C11H17N3O/c1-14-6-2-3-9(8-14)15-11-4-5-13-7-10(11)12/h4-5,7,9H,2-3,6,8,12H2,1H3. The van der Waals surface area contributed by atoms with Crippen LogP contribution in [0.2, 0.25) is 0 Å². The number of likely N-dealkylation sites (tertiary alicyclic amines) is 1. The van der Waals surface area contributed by atoms with Crippen molar-refractivity contribution in [3.8, 4) is 5.75 Å². The van der Waals surface area contributed by atoms with E-state index in [9.17, 15) is 0 Å². The third kappa shape index (κ3) is 2.59. The summed E-state index contributed by atoms with van der Waals surface area (Å²) in [5.74, 6) is 0.755. The first-order valence-corrected chi connectivity index (χ1v) is 5.30. The van der Waals surface area contributed by atoms with Gasteiger partial charge in [-0.2, -0.15) is 0 Å². The highest BCUT2D eigenvalue weighted by Gasteiger charge is 2.19. The normalized spacial score (nSPS) is 22.6. The molecular weight excluding hydrogens is 190 g/mol. The molecule has 1 aliphatic heterocycles. The molecule has 1 fully saturated rings. The largest absolute Gasteiger partial charge is 0.487 e. The van der Waals surface area contributed by atoms with Crippen LogP contribution in [-0.2, 0) is 0 Å². The summed E-state index contributed by atoms with van der Waals surface area (Å²) in [6, 6.07) is 1.82. The Bertz CT molecular complexity index is 329. The van der Waals surface area contributed by atoms with Gasteiger partial charge in [0.25, 0.3) is 0 Å². The van der Waals surface area contributed by atoms with Crippen molar-refractivity contribution < 1.29 is 4.74 Å². The molecule has 2 rings (SSSR count). The van der Waals surface area contributed by atoms with Gasteiger partial charge < -0.3 is 15.4 Å². The maximum Gasteiger partial charge on any atom is 0.145 e. The van der Waals surface area contributed by atoms with Crippen LogP contribution in [0.25, 0.3) is 0 Å². The van der Waals surface area contributed by atoms with Gasteiger partial charge in [-0.15, -0.1) is 0 Å². The minimum Gasteiger partial charge on any atom is -0.487 e. The van der Waals surface area contributed by atoms with Crippen LogP contribution in [0.1, 0.15) is 12.8 Å². The zero-order chi connectivity index (χ0) is 10.7. The molecule has 0 amide bonds. The highest BCUT2D eigenvalue weighted by molar-refractivity contribution is 5.49. The summed E-state index contributed by atoms with van der Waals surface area (Å²) in [6.45, 7) is 2.13. The van der Waals surface area contributed by atoms with Crippen LogP contribution < -0.4 is 10.5 Å². The van der Waals surface area contributed by atoms with Gasteiger partial charge in [-0.3, -0.25) is 4.98 Å². The van der Waals surface area contributed by atoms with Gasteiger partial charge in [-0.25, -0.2) is 0 Å². The Hall–Kier alpha value is -1.29. The third-order valence-corrected chi connectivity index (χ3v) is 2.68. The molecule has 1 aliphatic rings. The number of likely N-dealkylation sites (N-methyl/N-ethyl adjacent to an activating group) is 1. The third-order valence-electron chi connectivity index (χ3n) is 2.68. The predicted molar refractivity (Wildman–Crippen MR) is 59.8 cm³/mol. The van der Waals surface area contributed by atoms with E-state index < -0.39 is 0 Å². The van der Waals surface area contributed by atoms with Gasteiger partial charge in [0.05, 0.1) is 11.9 Å². The number of hydrogen-bond acceptors (Lipinski definition) is 4. The van der Waals surface area contributed by atoms with E-state index in [2.05, 4.69) is 16.9 Å². The number of pyridine rings is 1. The monoisotopic (exact) mass is 207 g/mol. The Balaban J connectivity index is 1.99. The highest BCUT2D eigenvalue weighted by atomic mass is 16.5. The van der Waals surface area contributed by atoms with E-state index in [4.69, 9.17) is 10.5 Å². The topological polar surface area (TPSA) is 51.4 Å². The summed E-state index contributed by atoms with van der Waals surface area (Å²) < 4.78 is 5.85. The van der Waals surface area contributed by atoms with Crippen molar-refractivity contribution in [2.45, 2.75) is 18.9 Å². The van der Waals surface area contributed by atoms with Crippen molar-refractivity contribution in [1.29, 1.82) is 0 Å². The van der Waals surface area contributed by atoms with E-state index in [1.54, 1.807) is 12.4 Å². The molecule has 2 N–H and O–H groups in total. The van der Waals surface area contributed by atoms with Crippen LogP contribution in [0.15, 0.2) is 18.5 Å². The Morgan fingerprint density at radius 3 is 3.20 bits per heavy atom. The van der Waals surface area contributed by atoms with E-state index in [1.165, 1.54) is 6.42 Å². The summed E-state index contributed by atoms with van der Waals surface area (Å²) in [6.07, 6.45) is 5.88. The minimum absolute atomic E-state index is 0.258. The number of ether oxygens (including phenoxy) is 1. The van der Waals surface area contributed by atoms with Crippen LogP contribution in [0, 0.1) is 0 Å². The minimum atomic E-state index is 0.258. The number of nitrogen functional groups attached to an aromatic ring is 1. The number of nitrogens with zero attached hydrogens (tertiary/aromatic N) is 2. The molecule has 1 aromatic rings. The average molecular weight is 207 g/mol. The Labute approximate surface area is 90.0 Å². The van der Waals surface area contributed by atoms with Crippen LogP contribution in [0.5, 0.6) is 5.75 Å². The smallest absolute Gasteiger partial charge is 0.145 e. The van der Waals surface area contributed by atoms with Gasteiger partial charge in [-0.05, 0) is 26.4 Å². The number of hydrogen-bond donors (Lipinski definition) is 1. The first-order valence-electron chi connectivity index (χ1n) is 5.30. The van der Waals surface area contributed by atoms with E-state index in [1.807, 2.05) is 6.07 Å².